The molecule has 2 saturated heterocycles. The van der Waals surface area contributed by atoms with Crippen LogP contribution in [-0.4, -0.2) is 46.4 Å². The van der Waals surface area contributed by atoms with Crippen molar-refractivity contribution in [3.8, 4) is 0 Å². The molecule has 1 N–H and O–H groups in total. The molecule has 2 atom stereocenters. The highest BCUT2D eigenvalue weighted by atomic mass is 19.1. The smallest absolute Gasteiger partial charge is 0.141 e. The second-order valence-corrected chi connectivity index (χ2v) is 5.50. The Morgan fingerprint density at radius 2 is 2.42 bits per heavy atom. The maximum atomic E-state index is 12.8. The van der Waals surface area contributed by atoms with Gasteiger partial charge in [-0.1, -0.05) is 0 Å². The van der Waals surface area contributed by atoms with Crippen LogP contribution in [0.2, 0.25) is 0 Å². The van der Waals surface area contributed by atoms with Gasteiger partial charge in [0.25, 0.3) is 0 Å². The van der Waals surface area contributed by atoms with Gasteiger partial charge in [-0.15, -0.1) is 0 Å². The van der Waals surface area contributed by atoms with E-state index in [1.54, 1.807) is 6.07 Å². The number of ether oxygens (including phenoxy) is 1. The number of aliphatic hydroxyl groups is 1. The van der Waals surface area contributed by atoms with E-state index in [1.807, 2.05) is 0 Å². The summed E-state index contributed by atoms with van der Waals surface area (Å²) in [6.07, 6.45) is 3.53. The monoisotopic (exact) mass is 266 g/mol. The number of pyridine rings is 1. The maximum Gasteiger partial charge on any atom is 0.141 e. The largest absolute Gasteiger partial charge is 0.390 e. The molecule has 1 aromatic rings. The minimum absolute atomic E-state index is 0.312. The average molecular weight is 266 g/mol. The van der Waals surface area contributed by atoms with Gasteiger partial charge < -0.3 is 9.84 Å². The van der Waals surface area contributed by atoms with Crippen LogP contribution < -0.4 is 0 Å². The lowest BCUT2D eigenvalue weighted by molar-refractivity contribution is -0.132. The van der Waals surface area contributed by atoms with Gasteiger partial charge in [0.2, 0.25) is 0 Å². The number of rotatable bonds is 2. The number of nitrogens with zero attached hydrogens (tertiary/aromatic N) is 2. The number of aromatic nitrogens is 1. The molecule has 5 heteroatoms. The van der Waals surface area contributed by atoms with Crippen molar-refractivity contribution in [3.05, 3.63) is 29.8 Å². The van der Waals surface area contributed by atoms with E-state index in [9.17, 15) is 9.50 Å². The first-order valence-corrected chi connectivity index (χ1v) is 6.83. The van der Waals surface area contributed by atoms with Gasteiger partial charge in [-0.25, -0.2) is 4.39 Å². The second-order valence-electron chi connectivity index (χ2n) is 5.50. The summed E-state index contributed by atoms with van der Waals surface area (Å²) in [6.45, 7) is 2.97. The molecule has 0 radical (unpaired) electrons. The van der Waals surface area contributed by atoms with E-state index in [0.717, 1.165) is 44.7 Å². The highest BCUT2D eigenvalue weighted by molar-refractivity contribution is 5.06. The predicted molar refractivity (Wildman–Crippen MR) is 68.0 cm³/mol. The summed E-state index contributed by atoms with van der Waals surface area (Å²) in [5.41, 5.74) is 0.462. The quantitative estimate of drug-likeness (QED) is 0.877. The molecule has 0 aliphatic carbocycles. The fourth-order valence-corrected chi connectivity index (χ4v) is 3.10. The van der Waals surface area contributed by atoms with Gasteiger partial charge in [0.05, 0.1) is 18.0 Å². The van der Waals surface area contributed by atoms with Crippen LogP contribution in [0.5, 0.6) is 0 Å². The molecule has 0 amide bonds. The van der Waals surface area contributed by atoms with Gasteiger partial charge >= 0.3 is 0 Å². The molecule has 3 rings (SSSR count). The normalized spacial score (nSPS) is 32.0. The van der Waals surface area contributed by atoms with Gasteiger partial charge in [-0.3, -0.25) is 9.88 Å². The van der Waals surface area contributed by atoms with Crippen LogP contribution in [0.3, 0.4) is 0 Å². The fourth-order valence-electron chi connectivity index (χ4n) is 3.10. The Kier molecular flexibility index (Phi) is 3.52. The standard InChI is InChI=1S/C14H19FN2O2/c15-11-2-3-12(16-8-11)9-17-6-4-13(18)14(10-17)5-1-7-19-14/h2-3,8,13,18H,1,4-7,9-10H2/t13-,14-/m0/s1. The van der Waals surface area contributed by atoms with Crippen molar-refractivity contribution in [1.82, 2.24) is 9.88 Å². The molecule has 4 nitrogen and oxygen atoms in total. The summed E-state index contributed by atoms with van der Waals surface area (Å²) in [7, 11) is 0. The van der Waals surface area contributed by atoms with E-state index in [0.29, 0.717) is 6.54 Å². The Morgan fingerprint density at radius 1 is 1.53 bits per heavy atom. The third kappa shape index (κ3) is 2.63. The van der Waals surface area contributed by atoms with Crippen molar-refractivity contribution in [2.24, 2.45) is 0 Å². The number of piperidine rings is 1. The van der Waals surface area contributed by atoms with Gasteiger partial charge in [0.15, 0.2) is 0 Å². The first-order chi connectivity index (χ1) is 9.18. The SMILES string of the molecule is O[C@H]1CCN(Cc2ccc(F)cn2)C[C@@]12CCCO2. The molecule has 0 saturated carbocycles. The lowest BCUT2D eigenvalue weighted by Crippen LogP contribution is -2.56. The van der Waals surface area contributed by atoms with E-state index >= 15 is 0 Å². The summed E-state index contributed by atoms with van der Waals surface area (Å²) in [5, 5.41) is 10.2. The first kappa shape index (κ1) is 13.0. The summed E-state index contributed by atoms with van der Waals surface area (Å²) in [6, 6.07) is 3.14. The van der Waals surface area contributed by atoms with Gasteiger partial charge in [-0.2, -0.15) is 0 Å². The summed E-state index contributed by atoms with van der Waals surface area (Å²) in [5.74, 6) is -0.312. The molecule has 0 unspecified atom stereocenters. The second kappa shape index (κ2) is 5.15. The van der Waals surface area contributed by atoms with Crippen LogP contribution in [0, 0.1) is 5.82 Å². The summed E-state index contributed by atoms with van der Waals surface area (Å²) in [4.78, 5) is 6.32. The minimum Gasteiger partial charge on any atom is -0.390 e. The van der Waals surface area contributed by atoms with Crippen LogP contribution in [0.4, 0.5) is 4.39 Å². The molecule has 19 heavy (non-hydrogen) atoms. The Morgan fingerprint density at radius 3 is 3.11 bits per heavy atom. The van der Waals surface area contributed by atoms with Crippen molar-refractivity contribution < 1.29 is 14.2 Å². The van der Waals surface area contributed by atoms with Crippen LogP contribution in [-0.2, 0) is 11.3 Å². The molecule has 0 aromatic carbocycles. The van der Waals surface area contributed by atoms with E-state index in [4.69, 9.17) is 4.74 Å². The van der Waals surface area contributed by atoms with Gasteiger partial charge in [-0.05, 0) is 31.4 Å². The van der Waals surface area contributed by atoms with Crippen molar-refractivity contribution in [2.75, 3.05) is 19.7 Å². The highest BCUT2D eigenvalue weighted by Crippen LogP contribution is 2.35. The van der Waals surface area contributed by atoms with Crippen molar-refractivity contribution >= 4 is 0 Å². The number of aliphatic hydroxyl groups excluding tert-OH is 1. The van der Waals surface area contributed by atoms with E-state index in [2.05, 4.69) is 9.88 Å². The Hall–Kier alpha value is -1.04. The van der Waals surface area contributed by atoms with Crippen molar-refractivity contribution in [3.63, 3.8) is 0 Å². The zero-order valence-electron chi connectivity index (χ0n) is 10.9. The molecule has 2 aliphatic rings. The molecular weight excluding hydrogens is 247 g/mol. The van der Waals surface area contributed by atoms with Gasteiger partial charge in [0.1, 0.15) is 11.4 Å². The van der Waals surface area contributed by atoms with Crippen molar-refractivity contribution in [1.29, 1.82) is 0 Å². The number of halogens is 1. The number of hydrogen-bond donors (Lipinski definition) is 1. The third-order valence-electron chi connectivity index (χ3n) is 4.13. The Bertz CT molecular complexity index is 432. The molecule has 3 heterocycles. The van der Waals surface area contributed by atoms with Crippen LogP contribution in [0.25, 0.3) is 0 Å². The number of hydrogen-bond acceptors (Lipinski definition) is 4. The predicted octanol–water partition coefficient (Wildman–Crippen LogP) is 1.34. The highest BCUT2D eigenvalue weighted by Gasteiger charge is 2.45. The molecule has 1 spiro atoms. The Labute approximate surface area is 112 Å². The minimum atomic E-state index is -0.391. The van der Waals surface area contributed by atoms with Crippen LogP contribution in [0.1, 0.15) is 25.0 Å². The maximum absolute atomic E-state index is 12.8. The van der Waals surface area contributed by atoms with Gasteiger partial charge in [0, 0.05) is 26.2 Å². The molecule has 104 valence electrons. The lowest BCUT2D eigenvalue weighted by atomic mass is 9.87. The fraction of sp³-hybridized carbons (Fsp3) is 0.643. The topological polar surface area (TPSA) is 45.6 Å². The van der Waals surface area contributed by atoms with Crippen LogP contribution >= 0.6 is 0 Å². The zero-order chi connectivity index (χ0) is 13.3. The summed E-state index contributed by atoms with van der Waals surface area (Å²) >= 11 is 0. The molecule has 2 fully saturated rings. The van der Waals surface area contributed by atoms with E-state index in [-0.39, 0.29) is 11.9 Å². The molecule has 1 aromatic heterocycles. The van der Waals surface area contributed by atoms with Crippen LogP contribution in [0.15, 0.2) is 18.3 Å². The van der Waals surface area contributed by atoms with Crippen molar-refractivity contribution in [2.45, 2.75) is 37.5 Å². The molecule has 2 aliphatic heterocycles. The number of likely N-dealkylation sites (tertiary alicyclic amines) is 1. The zero-order valence-corrected chi connectivity index (χ0v) is 10.9. The lowest BCUT2D eigenvalue weighted by Gasteiger charge is -2.43. The molecular formula is C14H19FN2O2. The van der Waals surface area contributed by atoms with E-state index in [1.165, 1.54) is 12.3 Å². The third-order valence-corrected chi connectivity index (χ3v) is 4.13. The first-order valence-electron chi connectivity index (χ1n) is 6.83. The average Bonchev–Trinajstić information content (AvgIpc) is 2.86. The van der Waals surface area contributed by atoms with E-state index < -0.39 is 5.60 Å². The Balaban J connectivity index is 1.67. The molecule has 0 bridgehead atoms. The summed E-state index contributed by atoms with van der Waals surface area (Å²) < 4.78 is 18.6.